The van der Waals surface area contributed by atoms with Crippen molar-refractivity contribution in [2.45, 2.75) is 50.9 Å². The van der Waals surface area contributed by atoms with Crippen molar-refractivity contribution in [3.05, 3.63) is 0 Å². The quantitative estimate of drug-likeness (QED) is 0.693. The fourth-order valence-corrected chi connectivity index (χ4v) is 2.32. The minimum atomic E-state index is -0.533. The molecule has 98 valence electrons. The Balaban J connectivity index is 1.96. The zero-order chi connectivity index (χ0) is 12.7. The van der Waals surface area contributed by atoms with Crippen molar-refractivity contribution in [2.24, 2.45) is 0 Å². The number of rotatable bonds is 0. The number of carbonyl (C=O) groups is 1. The Kier molecular flexibility index (Phi) is 3.08. The molecule has 5 heteroatoms. The van der Waals surface area contributed by atoms with E-state index in [4.69, 9.17) is 9.47 Å². The molecule has 0 radical (unpaired) electrons. The molecule has 2 aliphatic rings. The van der Waals surface area contributed by atoms with Gasteiger partial charge in [-0.05, 0) is 33.6 Å². The lowest BCUT2D eigenvalue weighted by Gasteiger charge is -2.51. The highest BCUT2D eigenvalue weighted by Crippen LogP contribution is 2.36. The van der Waals surface area contributed by atoms with Crippen LogP contribution in [0.25, 0.3) is 0 Å². The minimum absolute atomic E-state index is 0.320. The Morgan fingerprint density at radius 2 is 2.24 bits per heavy atom. The highest BCUT2D eigenvalue weighted by molar-refractivity contribution is 5.68. The molecule has 17 heavy (non-hydrogen) atoms. The number of aliphatic hydroxyl groups excluding tert-OH is 1. The summed E-state index contributed by atoms with van der Waals surface area (Å²) in [5, 5.41) is 9.75. The van der Waals surface area contributed by atoms with Gasteiger partial charge >= 0.3 is 6.09 Å². The molecule has 0 aromatic rings. The third-order valence-electron chi connectivity index (χ3n) is 3.27. The summed E-state index contributed by atoms with van der Waals surface area (Å²) < 4.78 is 10.8. The maximum atomic E-state index is 11.9. The SMILES string of the molecule is CC(C)(C)OC(=O)N1CCCC2(C1)OCC2O. The summed E-state index contributed by atoms with van der Waals surface area (Å²) in [5.74, 6) is 0. The first-order valence-corrected chi connectivity index (χ1v) is 6.12. The van der Waals surface area contributed by atoms with E-state index in [1.165, 1.54) is 0 Å². The Hall–Kier alpha value is -0.810. The zero-order valence-corrected chi connectivity index (χ0v) is 10.7. The minimum Gasteiger partial charge on any atom is -0.444 e. The number of nitrogens with zero attached hydrogens (tertiary/aromatic N) is 1. The van der Waals surface area contributed by atoms with Crippen molar-refractivity contribution >= 4 is 6.09 Å². The van der Waals surface area contributed by atoms with Gasteiger partial charge < -0.3 is 19.5 Å². The number of aliphatic hydroxyl groups is 1. The van der Waals surface area contributed by atoms with E-state index in [1.54, 1.807) is 4.90 Å². The number of piperidine rings is 1. The maximum Gasteiger partial charge on any atom is 0.410 e. The average Bonchev–Trinajstić information content (AvgIpc) is 2.25. The summed E-state index contributed by atoms with van der Waals surface area (Å²) in [6, 6.07) is 0. The van der Waals surface area contributed by atoms with Crippen molar-refractivity contribution in [3.8, 4) is 0 Å². The number of likely N-dealkylation sites (tertiary alicyclic amines) is 1. The molecule has 1 spiro atoms. The predicted octanol–water partition coefficient (Wildman–Crippen LogP) is 1.15. The second-order valence-corrected chi connectivity index (χ2v) is 5.90. The van der Waals surface area contributed by atoms with E-state index in [0.717, 1.165) is 12.8 Å². The average molecular weight is 243 g/mol. The molecule has 2 atom stereocenters. The van der Waals surface area contributed by atoms with Gasteiger partial charge in [0.05, 0.1) is 13.2 Å². The molecule has 1 amide bonds. The number of carbonyl (C=O) groups excluding carboxylic acids is 1. The molecule has 0 aromatic carbocycles. The molecular weight excluding hydrogens is 222 g/mol. The third kappa shape index (κ3) is 2.55. The second-order valence-electron chi connectivity index (χ2n) is 5.90. The van der Waals surface area contributed by atoms with Gasteiger partial charge in [-0.3, -0.25) is 0 Å². The van der Waals surface area contributed by atoms with Gasteiger partial charge in [-0.1, -0.05) is 0 Å². The van der Waals surface area contributed by atoms with E-state index >= 15 is 0 Å². The van der Waals surface area contributed by atoms with Gasteiger partial charge in [0.25, 0.3) is 0 Å². The lowest BCUT2D eigenvalue weighted by atomic mass is 9.83. The number of hydrogen-bond donors (Lipinski definition) is 1. The molecule has 2 saturated heterocycles. The fourth-order valence-electron chi connectivity index (χ4n) is 2.32. The lowest BCUT2D eigenvalue weighted by molar-refractivity contribution is -0.254. The van der Waals surface area contributed by atoms with Crippen LogP contribution in [0.5, 0.6) is 0 Å². The Bertz CT molecular complexity index is 312. The molecule has 1 N–H and O–H groups in total. The van der Waals surface area contributed by atoms with Crippen LogP contribution in [0, 0.1) is 0 Å². The van der Waals surface area contributed by atoms with Gasteiger partial charge in [-0.25, -0.2) is 4.79 Å². The topological polar surface area (TPSA) is 59.0 Å². The Morgan fingerprint density at radius 1 is 1.53 bits per heavy atom. The highest BCUT2D eigenvalue weighted by atomic mass is 16.6. The van der Waals surface area contributed by atoms with Crippen LogP contribution in [-0.4, -0.2) is 53.1 Å². The third-order valence-corrected chi connectivity index (χ3v) is 3.27. The number of hydrogen-bond acceptors (Lipinski definition) is 4. The van der Waals surface area contributed by atoms with Crippen molar-refractivity contribution < 1.29 is 19.4 Å². The molecule has 0 saturated carbocycles. The highest BCUT2D eigenvalue weighted by Gasteiger charge is 2.51. The van der Waals surface area contributed by atoms with Gasteiger partial charge in [0.15, 0.2) is 0 Å². The van der Waals surface area contributed by atoms with Crippen molar-refractivity contribution in [1.29, 1.82) is 0 Å². The van der Waals surface area contributed by atoms with Gasteiger partial charge in [0.2, 0.25) is 0 Å². The summed E-state index contributed by atoms with van der Waals surface area (Å²) >= 11 is 0. The Labute approximate surface area is 102 Å². The normalized spacial score (nSPS) is 33.4. The molecule has 5 nitrogen and oxygen atoms in total. The number of ether oxygens (including phenoxy) is 2. The van der Waals surface area contributed by atoms with E-state index in [9.17, 15) is 9.90 Å². The van der Waals surface area contributed by atoms with Gasteiger partial charge in [0.1, 0.15) is 17.3 Å². The monoisotopic (exact) mass is 243 g/mol. The van der Waals surface area contributed by atoms with Crippen LogP contribution in [0.2, 0.25) is 0 Å². The maximum absolute atomic E-state index is 11.9. The van der Waals surface area contributed by atoms with Crippen LogP contribution >= 0.6 is 0 Å². The predicted molar refractivity (Wildman–Crippen MR) is 61.7 cm³/mol. The first kappa shape index (κ1) is 12.6. The van der Waals surface area contributed by atoms with Gasteiger partial charge in [0, 0.05) is 6.54 Å². The first-order chi connectivity index (χ1) is 7.82. The molecule has 0 bridgehead atoms. The molecular formula is C12H21NO4. The summed E-state index contributed by atoms with van der Waals surface area (Å²) in [4.78, 5) is 13.6. The molecule has 2 fully saturated rings. The standard InChI is InChI=1S/C12H21NO4/c1-11(2,3)17-10(15)13-6-4-5-12(8-13)9(14)7-16-12/h9,14H,4-8H2,1-3H3. The van der Waals surface area contributed by atoms with E-state index in [1.807, 2.05) is 20.8 Å². The second kappa shape index (κ2) is 4.14. The smallest absolute Gasteiger partial charge is 0.410 e. The summed E-state index contributed by atoms with van der Waals surface area (Å²) in [5.41, 5.74) is -1.02. The molecule has 2 aliphatic heterocycles. The molecule has 0 aliphatic carbocycles. The first-order valence-electron chi connectivity index (χ1n) is 6.12. The van der Waals surface area contributed by atoms with E-state index in [0.29, 0.717) is 19.7 Å². The van der Waals surface area contributed by atoms with Crippen LogP contribution < -0.4 is 0 Å². The molecule has 2 unspecified atom stereocenters. The summed E-state index contributed by atoms with van der Waals surface area (Å²) in [6.07, 6.45) is 0.885. The van der Waals surface area contributed by atoms with Crippen molar-refractivity contribution in [1.82, 2.24) is 4.90 Å². The van der Waals surface area contributed by atoms with Gasteiger partial charge in [-0.15, -0.1) is 0 Å². The van der Waals surface area contributed by atoms with Crippen molar-refractivity contribution in [3.63, 3.8) is 0 Å². The van der Waals surface area contributed by atoms with Crippen LogP contribution in [0.3, 0.4) is 0 Å². The summed E-state index contributed by atoms with van der Waals surface area (Å²) in [7, 11) is 0. The van der Waals surface area contributed by atoms with E-state index in [2.05, 4.69) is 0 Å². The van der Waals surface area contributed by atoms with Crippen LogP contribution in [0.1, 0.15) is 33.6 Å². The van der Waals surface area contributed by atoms with E-state index < -0.39 is 17.3 Å². The van der Waals surface area contributed by atoms with Crippen LogP contribution in [0.15, 0.2) is 0 Å². The van der Waals surface area contributed by atoms with Crippen LogP contribution in [-0.2, 0) is 9.47 Å². The van der Waals surface area contributed by atoms with Crippen LogP contribution in [0.4, 0.5) is 4.79 Å². The lowest BCUT2D eigenvalue weighted by Crippen LogP contribution is -2.66. The number of amides is 1. The molecule has 2 rings (SSSR count). The fraction of sp³-hybridized carbons (Fsp3) is 0.917. The van der Waals surface area contributed by atoms with Gasteiger partial charge in [-0.2, -0.15) is 0 Å². The Morgan fingerprint density at radius 3 is 2.71 bits per heavy atom. The van der Waals surface area contributed by atoms with E-state index in [-0.39, 0.29) is 6.09 Å². The van der Waals surface area contributed by atoms with Crippen molar-refractivity contribution in [2.75, 3.05) is 19.7 Å². The zero-order valence-electron chi connectivity index (χ0n) is 10.7. The summed E-state index contributed by atoms with van der Waals surface area (Å²) in [6.45, 7) is 7.02. The molecule has 0 aromatic heterocycles. The largest absolute Gasteiger partial charge is 0.444 e. The molecule has 2 heterocycles.